The molecule has 88 valence electrons. The van der Waals surface area contributed by atoms with E-state index in [-0.39, 0.29) is 5.91 Å². The standard InChI is InChI=1S/C13H20N2O/c1-4-11(5-2)15-12-8-10(13(14)16)7-6-9(12)3/h6-8,11,15H,4-5H2,1-3H3,(H2,14,16). The molecule has 1 rings (SSSR count). The fourth-order valence-electron chi connectivity index (χ4n) is 1.64. The zero-order valence-electron chi connectivity index (χ0n) is 10.2. The molecule has 0 radical (unpaired) electrons. The molecule has 1 aromatic rings. The molecular formula is C13H20N2O. The summed E-state index contributed by atoms with van der Waals surface area (Å²) in [5.74, 6) is -0.382. The van der Waals surface area contributed by atoms with Crippen molar-refractivity contribution in [3.8, 4) is 0 Å². The van der Waals surface area contributed by atoms with Crippen LogP contribution < -0.4 is 11.1 Å². The smallest absolute Gasteiger partial charge is 0.248 e. The number of nitrogens with two attached hydrogens (primary N) is 1. The summed E-state index contributed by atoms with van der Waals surface area (Å²) < 4.78 is 0. The number of rotatable bonds is 5. The average Bonchev–Trinajstić information content (AvgIpc) is 2.27. The van der Waals surface area contributed by atoms with E-state index in [4.69, 9.17) is 5.73 Å². The number of hydrogen-bond acceptors (Lipinski definition) is 2. The van der Waals surface area contributed by atoms with Crippen molar-refractivity contribution in [1.82, 2.24) is 0 Å². The van der Waals surface area contributed by atoms with E-state index < -0.39 is 0 Å². The fraction of sp³-hybridized carbons (Fsp3) is 0.462. The highest BCUT2D eigenvalue weighted by molar-refractivity contribution is 5.94. The number of aryl methyl sites for hydroxylation is 1. The van der Waals surface area contributed by atoms with Gasteiger partial charge in [-0.1, -0.05) is 19.9 Å². The SMILES string of the molecule is CCC(CC)Nc1cc(C(N)=O)ccc1C. The van der Waals surface area contributed by atoms with Crippen LogP contribution in [0.3, 0.4) is 0 Å². The summed E-state index contributed by atoms with van der Waals surface area (Å²) >= 11 is 0. The summed E-state index contributed by atoms with van der Waals surface area (Å²) in [7, 11) is 0. The van der Waals surface area contributed by atoms with Crippen LogP contribution in [0, 0.1) is 6.92 Å². The van der Waals surface area contributed by atoms with Gasteiger partial charge in [0.1, 0.15) is 0 Å². The number of amides is 1. The van der Waals surface area contributed by atoms with Gasteiger partial charge < -0.3 is 11.1 Å². The first kappa shape index (κ1) is 12.6. The molecule has 0 aliphatic carbocycles. The van der Waals surface area contributed by atoms with E-state index in [1.165, 1.54) is 0 Å². The number of nitrogens with one attached hydrogen (secondary N) is 1. The third-order valence-electron chi connectivity index (χ3n) is 2.87. The number of carbonyl (C=O) groups excluding carboxylic acids is 1. The number of hydrogen-bond donors (Lipinski definition) is 2. The van der Waals surface area contributed by atoms with Crippen LogP contribution in [-0.4, -0.2) is 11.9 Å². The van der Waals surface area contributed by atoms with Crippen LogP contribution in [0.4, 0.5) is 5.69 Å². The van der Waals surface area contributed by atoms with Crippen LogP contribution in [0.2, 0.25) is 0 Å². The van der Waals surface area contributed by atoms with E-state index in [1.807, 2.05) is 19.1 Å². The molecular weight excluding hydrogens is 200 g/mol. The normalized spacial score (nSPS) is 10.5. The van der Waals surface area contributed by atoms with Crippen LogP contribution in [0.5, 0.6) is 0 Å². The Balaban J connectivity index is 2.93. The van der Waals surface area contributed by atoms with Gasteiger partial charge in [-0.15, -0.1) is 0 Å². The molecule has 0 atom stereocenters. The van der Waals surface area contributed by atoms with Crippen molar-refractivity contribution in [2.75, 3.05) is 5.32 Å². The fourth-order valence-corrected chi connectivity index (χ4v) is 1.64. The Hall–Kier alpha value is -1.51. The van der Waals surface area contributed by atoms with E-state index >= 15 is 0 Å². The molecule has 0 aliphatic rings. The summed E-state index contributed by atoms with van der Waals surface area (Å²) in [6, 6.07) is 5.96. The molecule has 3 nitrogen and oxygen atoms in total. The number of carbonyl (C=O) groups is 1. The van der Waals surface area contributed by atoms with Crippen molar-refractivity contribution in [1.29, 1.82) is 0 Å². The molecule has 1 aromatic carbocycles. The van der Waals surface area contributed by atoms with E-state index in [0.717, 1.165) is 24.1 Å². The van der Waals surface area contributed by atoms with E-state index in [2.05, 4.69) is 19.2 Å². The van der Waals surface area contributed by atoms with Gasteiger partial charge in [0.2, 0.25) is 5.91 Å². The molecule has 0 fully saturated rings. The van der Waals surface area contributed by atoms with Gasteiger partial charge in [0.05, 0.1) is 0 Å². The molecule has 3 N–H and O–H groups in total. The number of benzene rings is 1. The summed E-state index contributed by atoms with van der Waals surface area (Å²) in [4.78, 5) is 11.1. The second-order valence-electron chi connectivity index (χ2n) is 4.05. The van der Waals surface area contributed by atoms with E-state index in [1.54, 1.807) is 6.07 Å². The second kappa shape index (κ2) is 5.54. The molecule has 16 heavy (non-hydrogen) atoms. The minimum Gasteiger partial charge on any atom is -0.382 e. The maximum atomic E-state index is 11.1. The molecule has 0 spiro atoms. The summed E-state index contributed by atoms with van der Waals surface area (Å²) in [6.07, 6.45) is 2.13. The third kappa shape index (κ3) is 2.99. The predicted molar refractivity (Wildman–Crippen MR) is 67.7 cm³/mol. The summed E-state index contributed by atoms with van der Waals surface area (Å²) in [5, 5.41) is 3.43. The van der Waals surface area contributed by atoms with E-state index in [9.17, 15) is 4.79 Å². The van der Waals surface area contributed by atoms with Crippen molar-refractivity contribution in [3.63, 3.8) is 0 Å². The van der Waals surface area contributed by atoms with Gasteiger partial charge in [-0.05, 0) is 37.5 Å². The summed E-state index contributed by atoms with van der Waals surface area (Å²) in [6.45, 7) is 6.32. The molecule has 0 bridgehead atoms. The van der Waals surface area contributed by atoms with Crippen LogP contribution in [0.15, 0.2) is 18.2 Å². The van der Waals surface area contributed by atoms with Crippen LogP contribution in [0.25, 0.3) is 0 Å². The van der Waals surface area contributed by atoms with Crippen LogP contribution in [-0.2, 0) is 0 Å². The lowest BCUT2D eigenvalue weighted by Gasteiger charge is -2.18. The minimum atomic E-state index is -0.382. The molecule has 0 aliphatic heterocycles. The van der Waals surface area contributed by atoms with Gasteiger partial charge in [-0.3, -0.25) is 4.79 Å². The molecule has 0 unspecified atom stereocenters. The molecule has 0 aromatic heterocycles. The number of primary amides is 1. The quantitative estimate of drug-likeness (QED) is 0.801. The van der Waals surface area contributed by atoms with Gasteiger partial charge in [0.15, 0.2) is 0 Å². The Morgan fingerprint density at radius 3 is 2.50 bits per heavy atom. The first-order chi connectivity index (χ1) is 7.58. The van der Waals surface area contributed by atoms with Gasteiger partial charge in [-0.2, -0.15) is 0 Å². The average molecular weight is 220 g/mol. The van der Waals surface area contributed by atoms with Crippen LogP contribution in [0.1, 0.15) is 42.6 Å². The lowest BCUT2D eigenvalue weighted by molar-refractivity contribution is 0.100. The Labute approximate surface area is 97.0 Å². The van der Waals surface area contributed by atoms with Crippen molar-refractivity contribution < 1.29 is 4.79 Å². The lowest BCUT2D eigenvalue weighted by Crippen LogP contribution is -2.18. The first-order valence-corrected chi connectivity index (χ1v) is 5.75. The molecule has 3 heteroatoms. The molecule has 0 saturated heterocycles. The van der Waals surface area contributed by atoms with Crippen molar-refractivity contribution in [2.24, 2.45) is 5.73 Å². The monoisotopic (exact) mass is 220 g/mol. The highest BCUT2D eigenvalue weighted by atomic mass is 16.1. The van der Waals surface area contributed by atoms with Gasteiger partial charge in [-0.25, -0.2) is 0 Å². The zero-order valence-corrected chi connectivity index (χ0v) is 10.2. The Morgan fingerprint density at radius 2 is 2.00 bits per heavy atom. The Morgan fingerprint density at radius 1 is 1.38 bits per heavy atom. The maximum absolute atomic E-state index is 11.1. The predicted octanol–water partition coefficient (Wildman–Crippen LogP) is 2.69. The van der Waals surface area contributed by atoms with E-state index in [0.29, 0.717) is 11.6 Å². The molecule has 0 heterocycles. The topological polar surface area (TPSA) is 55.1 Å². The largest absolute Gasteiger partial charge is 0.382 e. The van der Waals surface area contributed by atoms with Gasteiger partial charge in [0.25, 0.3) is 0 Å². The third-order valence-corrected chi connectivity index (χ3v) is 2.87. The highest BCUT2D eigenvalue weighted by Gasteiger charge is 2.08. The van der Waals surface area contributed by atoms with Crippen molar-refractivity contribution >= 4 is 11.6 Å². The lowest BCUT2D eigenvalue weighted by atomic mass is 10.1. The van der Waals surface area contributed by atoms with Crippen LogP contribution >= 0.6 is 0 Å². The Kier molecular flexibility index (Phi) is 4.35. The second-order valence-corrected chi connectivity index (χ2v) is 4.05. The van der Waals surface area contributed by atoms with Crippen molar-refractivity contribution in [3.05, 3.63) is 29.3 Å². The molecule has 0 saturated carbocycles. The highest BCUT2D eigenvalue weighted by Crippen LogP contribution is 2.19. The zero-order chi connectivity index (χ0) is 12.1. The van der Waals surface area contributed by atoms with Gasteiger partial charge >= 0.3 is 0 Å². The van der Waals surface area contributed by atoms with Gasteiger partial charge in [0, 0.05) is 17.3 Å². The van der Waals surface area contributed by atoms with Crippen molar-refractivity contribution in [2.45, 2.75) is 39.7 Å². The Bertz CT molecular complexity index is 370. The number of anilines is 1. The molecule has 1 amide bonds. The maximum Gasteiger partial charge on any atom is 0.248 e. The minimum absolute atomic E-state index is 0.382. The first-order valence-electron chi connectivity index (χ1n) is 5.75. The summed E-state index contributed by atoms with van der Waals surface area (Å²) in [5.41, 5.74) is 7.96.